The first-order valence-corrected chi connectivity index (χ1v) is 11.6. The number of halogens is 1. The maximum Gasteiger partial charge on any atom is 0.237 e. The van der Waals surface area contributed by atoms with E-state index >= 15 is 0 Å². The van der Waals surface area contributed by atoms with Crippen molar-refractivity contribution >= 4 is 39.3 Å². The van der Waals surface area contributed by atoms with Crippen LogP contribution in [0.2, 0.25) is 0 Å². The van der Waals surface area contributed by atoms with Crippen LogP contribution in [0.1, 0.15) is 19.4 Å². The number of hydrogen-bond acceptors (Lipinski definition) is 3. The third-order valence-electron chi connectivity index (χ3n) is 5.02. The topological polar surface area (TPSA) is 38.1 Å². The standard InChI is InChI=1S/C23H24BrN3OS/c1-16(2)14-27-21(18-7-9-19(24)10-8-18)13-25-23(27)29-15-22(28)26-12-11-17-5-3-4-6-20(17)26/h3-10,13,16H,11-12,14-15H2,1-2H3. The lowest BCUT2D eigenvalue weighted by Gasteiger charge is -2.18. The van der Waals surface area contributed by atoms with Gasteiger partial charge in [-0.3, -0.25) is 4.79 Å². The first-order valence-electron chi connectivity index (χ1n) is 9.85. The van der Waals surface area contributed by atoms with Crippen molar-refractivity contribution in [3.8, 4) is 11.3 Å². The van der Waals surface area contributed by atoms with E-state index in [1.807, 2.05) is 41.4 Å². The summed E-state index contributed by atoms with van der Waals surface area (Å²) in [6.07, 6.45) is 2.85. The number of aromatic nitrogens is 2. The van der Waals surface area contributed by atoms with Crippen LogP contribution in [0.4, 0.5) is 5.69 Å². The van der Waals surface area contributed by atoms with Crippen molar-refractivity contribution in [1.82, 2.24) is 9.55 Å². The molecule has 3 aromatic rings. The second-order valence-electron chi connectivity index (χ2n) is 7.65. The molecule has 2 heterocycles. The number of nitrogens with zero attached hydrogens (tertiary/aromatic N) is 3. The molecule has 0 bridgehead atoms. The maximum atomic E-state index is 12.9. The highest BCUT2D eigenvalue weighted by molar-refractivity contribution is 9.10. The van der Waals surface area contributed by atoms with Gasteiger partial charge in [-0.05, 0) is 41.7 Å². The van der Waals surface area contributed by atoms with Crippen molar-refractivity contribution in [1.29, 1.82) is 0 Å². The molecule has 0 unspecified atom stereocenters. The minimum atomic E-state index is 0.143. The van der Waals surface area contributed by atoms with Crippen LogP contribution in [0, 0.1) is 5.92 Å². The molecule has 0 saturated carbocycles. The predicted octanol–water partition coefficient (Wildman–Crippen LogP) is 5.65. The largest absolute Gasteiger partial charge is 0.319 e. The Morgan fingerprint density at radius 1 is 1.17 bits per heavy atom. The van der Waals surface area contributed by atoms with E-state index in [0.717, 1.165) is 46.1 Å². The number of thioether (sulfide) groups is 1. The van der Waals surface area contributed by atoms with Crippen LogP contribution in [0.5, 0.6) is 0 Å². The molecular weight excluding hydrogens is 446 g/mol. The van der Waals surface area contributed by atoms with Crippen LogP contribution in [-0.4, -0.2) is 27.8 Å². The lowest BCUT2D eigenvalue weighted by molar-refractivity contribution is -0.116. The lowest BCUT2D eigenvalue weighted by atomic mass is 10.1. The zero-order chi connectivity index (χ0) is 20.4. The summed E-state index contributed by atoms with van der Waals surface area (Å²) in [6.45, 7) is 6.04. The summed E-state index contributed by atoms with van der Waals surface area (Å²) in [5, 5.41) is 0.900. The van der Waals surface area contributed by atoms with Crippen LogP contribution in [0.15, 0.2) is 64.4 Å². The summed E-state index contributed by atoms with van der Waals surface area (Å²) in [6, 6.07) is 16.5. The van der Waals surface area contributed by atoms with E-state index in [4.69, 9.17) is 0 Å². The van der Waals surface area contributed by atoms with Gasteiger partial charge in [-0.1, -0.05) is 71.9 Å². The van der Waals surface area contributed by atoms with Crippen molar-refractivity contribution in [2.75, 3.05) is 17.2 Å². The number of carbonyl (C=O) groups excluding carboxylic acids is 1. The molecule has 4 rings (SSSR count). The molecule has 0 atom stereocenters. The number of fused-ring (bicyclic) bond motifs is 1. The molecule has 1 aliphatic heterocycles. The van der Waals surface area contributed by atoms with E-state index in [9.17, 15) is 4.79 Å². The SMILES string of the molecule is CC(C)Cn1c(-c2ccc(Br)cc2)cnc1SCC(=O)N1CCc2ccccc21. The number of para-hydroxylation sites is 1. The molecule has 2 aromatic carbocycles. The fourth-order valence-corrected chi connectivity index (χ4v) is 4.80. The third kappa shape index (κ3) is 4.43. The van der Waals surface area contributed by atoms with Gasteiger partial charge in [-0.25, -0.2) is 4.98 Å². The average molecular weight is 470 g/mol. The fourth-order valence-electron chi connectivity index (χ4n) is 3.67. The minimum Gasteiger partial charge on any atom is -0.319 e. The molecule has 4 nitrogen and oxygen atoms in total. The Hall–Kier alpha value is -2.05. The number of amides is 1. The van der Waals surface area contributed by atoms with E-state index in [0.29, 0.717) is 11.7 Å². The number of imidazole rings is 1. The predicted molar refractivity (Wildman–Crippen MR) is 123 cm³/mol. The van der Waals surface area contributed by atoms with Crippen molar-refractivity contribution < 1.29 is 4.79 Å². The maximum absolute atomic E-state index is 12.9. The van der Waals surface area contributed by atoms with E-state index in [-0.39, 0.29) is 5.91 Å². The summed E-state index contributed by atoms with van der Waals surface area (Å²) < 4.78 is 3.30. The van der Waals surface area contributed by atoms with Crippen molar-refractivity contribution in [3.05, 3.63) is 64.8 Å². The first kappa shape index (κ1) is 20.2. The van der Waals surface area contributed by atoms with Gasteiger partial charge in [0.05, 0.1) is 17.6 Å². The molecule has 1 aliphatic rings. The highest BCUT2D eigenvalue weighted by Crippen LogP contribution is 2.31. The summed E-state index contributed by atoms with van der Waals surface area (Å²) in [5.41, 5.74) is 4.53. The Balaban J connectivity index is 1.53. The lowest BCUT2D eigenvalue weighted by Crippen LogP contribution is -2.30. The highest BCUT2D eigenvalue weighted by Gasteiger charge is 2.24. The molecular formula is C23H24BrN3OS. The second-order valence-corrected chi connectivity index (χ2v) is 9.51. The average Bonchev–Trinajstić information content (AvgIpc) is 3.31. The zero-order valence-electron chi connectivity index (χ0n) is 16.6. The van der Waals surface area contributed by atoms with Gasteiger partial charge >= 0.3 is 0 Å². The van der Waals surface area contributed by atoms with Gasteiger partial charge in [0.15, 0.2) is 5.16 Å². The summed E-state index contributed by atoms with van der Waals surface area (Å²) in [5.74, 6) is 1.02. The van der Waals surface area contributed by atoms with E-state index in [2.05, 4.69) is 57.5 Å². The fraction of sp³-hybridized carbons (Fsp3) is 0.304. The molecule has 1 amide bonds. The quantitative estimate of drug-likeness (QED) is 0.437. The van der Waals surface area contributed by atoms with Crippen molar-refractivity contribution in [2.45, 2.75) is 32.0 Å². The van der Waals surface area contributed by atoms with Gasteiger partial charge in [0.1, 0.15) is 0 Å². The Bertz CT molecular complexity index is 1010. The summed E-state index contributed by atoms with van der Waals surface area (Å²) in [7, 11) is 0. The minimum absolute atomic E-state index is 0.143. The molecule has 1 aromatic heterocycles. The Kier molecular flexibility index (Phi) is 6.11. The van der Waals surface area contributed by atoms with Gasteiger partial charge in [0.25, 0.3) is 0 Å². The number of anilines is 1. The van der Waals surface area contributed by atoms with E-state index in [1.165, 1.54) is 17.3 Å². The van der Waals surface area contributed by atoms with Crippen LogP contribution in [0.25, 0.3) is 11.3 Å². The van der Waals surface area contributed by atoms with Crippen molar-refractivity contribution in [2.24, 2.45) is 5.92 Å². The van der Waals surface area contributed by atoms with Gasteiger partial charge in [-0.2, -0.15) is 0 Å². The van der Waals surface area contributed by atoms with Gasteiger partial charge in [-0.15, -0.1) is 0 Å². The molecule has 0 radical (unpaired) electrons. The van der Waals surface area contributed by atoms with E-state index < -0.39 is 0 Å². The van der Waals surface area contributed by atoms with E-state index in [1.54, 1.807) is 0 Å². The van der Waals surface area contributed by atoms with Crippen molar-refractivity contribution in [3.63, 3.8) is 0 Å². The highest BCUT2D eigenvalue weighted by atomic mass is 79.9. The number of hydrogen-bond donors (Lipinski definition) is 0. The number of rotatable bonds is 6. The van der Waals surface area contributed by atoms with Gasteiger partial charge < -0.3 is 9.47 Å². The van der Waals surface area contributed by atoms with Crippen LogP contribution in [0.3, 0.4) is 0 Å². The zero-order valence-corrected chi connectivity index (χ0v) is 19.0. The van der Waals surface area contributed by atoms with Gasteiger partial charge in [0, 0.05) is 23.2 Å². The molecule has 0 saturated heterocycles. The number of benzene rings is 2. The van der Waals surface area contributed by atoms with Crippen LogP contribution >= 0.6 is 27.7 Å². The Labute approximate surface area is 184 Å². The molecule has 0 aliphatic carbocycles. The first-order chi connectivity index (χ1) is 14.0. The molecule has 0 N–H and O–H groups in total. The van der Waals surface area contributed by atoms with Crippen LogP contribution < -0.4 is 4.90 Å². The van der Waals surface area contributed by atoms with Crippen LogP contribution in [-0.2, 0) is 17.8 Å². The normalized spacial score (nSPS) is 13.2. The number of carbonyl (C=O) groups is 1. The molecule has 29 heavy (non-hydrogen) atoms. The van der Waals surface area contributed by atoms with Gasteiger partial charge in [0.2, 0.25) is 5.91 Å². The summed E-state index contributed by atoms with van der Waals surface area (Å²) >= 11 is 5.03. The molecule has 6 heteroatoms. The second kappa shape index (κ2) is 8.76. The summed E-state index contributed by atoms with van der Waals surface area (Å²) in [4.78, 5) is 19.5. The Morgan fingerprint density at radius 2 is 1.93 bits per heavy atom. The smallest absolute Gasteiger partial charge is 0.237 e. The molecule has 0 fully saturated rings. The molecule has 0 spiro atoms. The Morgan fingerprint density at radius 3 is 2.69 bits per heavy atom. The third-order valence-corrected chi connectivity index (χ3v) is 6.52. The molecule has 150 valence electrons. The monoisotopic (exact) mass is 469 g/mol.